The fourth-order valence-electron chi connectivity index (χ4n) is 9.31. The largest absolute Gasteiger partial charge is 0.309 e. The van der Waals surface area contributed by atoms with E-state index in [1.54, 1.807) is 11.3 Å². The molecule has 0 unspecified atom stereocenters. The van der Waals surface area contributed by atoms with Crippen LogP contribution in [0, 0.1) is 0 Å². The second kappa shape index (κ2) is 10.8. The summed E-state index contributed by atoms with van der Waals surface area (Å²) in [6, 6.07) is 61.5. The fraction of sp³-hybridized carbons (Fsp3) is 0. The SMILES string of the molecule is c1ccc(-c2nc(-c3ccc(-n4c5ccccc5c5c6c7ccccc7n7c8c9ccccc9ccc8c(cc54)c67)cc3)c3sc4ccccc4c3n2)cc1. The Morgan fingerprint density at radius 1 is 0.436 bits per heavy atom. The average Bonchev–Trinajstić information content (AvgIpc) is 3.99. The Morgan fingerprint density at radius 3 is 1.96 bits per heavy atom. The van der Waals surface area contributed by atoms with Gasteiger partial charge in [-0.15, -0.1) is 11.3 Å². The highest BCUT2D eigenvalue weighted by Crippen LogP contribution is 2.48. The fourth-order valence-corrected chi connectivity index (χ4v) is 10.5. The summed E-state index contributed by atoms with van der Waals surface area (Å²) in [5.41, 5.74) is 11.4. The minimum absolute atomic E-state index is 0.743. The van der Waals surface area contributed by atoms with Crippen LogP contribution in [0.5, 0.6) is 0 Å². The number of thiophene rings is 1. The third-order valence-electron chi connectivity index (χ3n) is 11.6. The van der Waals surface area contributed by atoms with Crippen molar-refractivity contribution in [2.75, 3.05) is 0 Å². The van der Waals surface area contributed by atoms with Crippen molar-refractivity contribution < 1.29 is 0 Å². The molecule has 13 aromatic rings. The Labute approximate surface area is 318 Å². The minimum atomic E-state index is 0.743. The number of nitrogens with zero attached hydrogens (tertiary/aromatic N) is 4. The topological polar surface area (TPSA) is 35.1 Å². The van der Waals surface area contributed by atoms with Crippen molar-refractivity contribution in [1.29, 1.82) is 0 Å². The Bertz CT molecular complexity index is 3700. The van der Waals surface area contributed by atoms with Gasteiger partial charge in [0.1, 0.15) is 0 Å². The lowest BCUT2D eigenvalue weighted by Gasteiger charge is -2.11. The van der Waals surface area contributed by atoms with E-state index in [-0.39, 0.29) is 0 Å². The molecule has 0 spiro atoms. The normalized spacial score (nSPS) is 12.4. The third kappa shape index (κ3) is 3.89. The van der Waals surface area contributed by atoms with Crippen molar-refractivity contribution in [3.8, 4) is 28.3 Å². The lowest BCUT2D eigenvalue weighted by Crippen LogP contribution is -1.96. The van der Waals surface area contributed by atoms with Crippen LogP contribution in [0.3, 0.4) is 0 Å². The van der Waals surface area contributed by atoms with Crippen LogP contribution >= 0.6 is 11.3 Å². The Balaban J connectivity index is 1.10. The lowest BCUT2D eigenvalue weighted by molar-refractivity contribution is 1.18. The monoisotopic (exact) mass is 716 g/mol. The van der Waals surface area contributed by atoms with Crippen molar-refractivity contribution in [2.45, 2.75) is 0 Å². The maximum atomic E-state index is 5.25. The maximum Gasteiger partial charge on any atom is 0.160 e. The lowest BCUT2D eigenvalue weighted by atomic mass is 10.0. The molecule has 0 bridgehead atoms. The molecule has 0 radical (unpaired) electrons. The Morgan fingerprint density at radius 2 is 1.13 bits per heavy atom. The summed E-state index contributed by atoms with van der Waals surface area (Å²) < 4.78 is 7.31. The summed E-state index contributed by atoms with van der Waals surface area (Å²) in [5, 5.41) is 11.4. The van der Waals surface area contributed by atoms with Gasteiger partial charge in [0.05, 0.1) is 43.5 Å². The van der Waals surface area contributed by atoms with Gasteiger partial charge in [-0.2, -0.15) is 0 Å². The smallest absolute Gasteiger partial charge is 0.160 e. The summed E-state index contributed by atoms with van der Waals surface area (Å²) >= 11 is 1.77. The second-order valence-corrected chi connectivity index (χ2v) is 15.6. The molecular weight excluding hydrogens is 689 g/mol. The predicted molar refractivity (Wildman–Crippen MR) is 232 cm³/mol. The first-order valence-corrected chi connectivity index (χ1v) is 19.5. The molecule has 13 rings (SSSR count). The van der Waals surface area contributed by atoms with E-state index in [2.05, 4.69) is 161 Å². The summed E-state index contributed by atoms with van der Waals surface area (Å²) in [7, 11) is 0. The zero-order chi connectivity index (χ0) is 35.8. The quantitative estimate of drug-likeness (QED) is 0.182. The van der Waals surface area contributed by atoms with Crippen LogP contribution in [0.1, 0.15) is 0 Å². The summed E-state index contributed by atoms with van der Waals surface area (Å²) in [6.45, 7) is 0. The van der Waals surface area contributed by atoms with Crippen molar-refractivity contribution in [2.24, 2.45) is 0 Å². The van der Waals surface area contributed by atoms with Crippen molar-refractivity contribution in [3.63, 3.8) is 0 Å². The van der Waals surface area contributed by atoms with E-state index in [0.29, 0.717) is 0 Å². The van der Waals surface area contributed by atoms with E-state index < -0.39 is 0 Å². The van der Waals surface area contributed by atoms with Crippen molar-refractivity contribution >= 4 is 102 Å². The minimum Gasteiger partial charge on any atom is -0.309 e. The van der Waals surface area contributed by atoms with E-state index in [9.17, 15) is 0 Å². The zero-order valence-electron chi connectivity index (χ0n) is 29.4. The molecule has 254 valence electrons. The first-order chi connectivity index (χ1) is 27.3. The van der Waals surface area contributed by atoms with Gasteiger partial charge in [0.2, 0.25) is 0 Å². The van der Waals surface area contributed by atoms with Crippen LogP contribution in [0.4, 0.5) is 0 Å². The van der Waals surface area contributed by atoms with Crippen molar-refractivity contribution in [1.82, 2.24) is 18.9 Å². The molecule has 0 N–H and O–H groups in total. The molecule has 8 aromatic carbocycles. The first kappa shape index (κ1) is 29.4. The van der Waals surface area contributed by atoms with Crippen LogP contribution in [-0.2, 0) is 0 Å². The molecule has 5 heteroatoms. The molecule has 0 aliphatic heterocycles. The number of rotatable bonds is 3. The standard InChI is InChI=1S/C50H28N4S/c1-2-13-31(14-3-1)50-51-45(49-46(52-50)37-18-8-11-21-42(37)55-49)30-22-25-32(26-23-30)53-39-19-9-6-16-35(39)43-41(53)28-38-34-27-24-29-12-4-5-15-33(29)47(34)54-40-20-10-7-17-36(40)44(43)48(38)54/h1-28H. The third-order valence-corrected chi connectivity index (χ3v) is 12.8. The summed E-state index contributed by atoms with van der Waals surface area (Å²) in [6.07, 6.45) is 0. The van der Waals surface area contributed by atoms with Gasteiger partial charge in [-0.05, 0) is 41.8 Å². The number of hydrogen-bond donors (Lipinski definition) is 0. The summed E-state index contributed by atoms with van der Waals surface area (Å²) in [5.74, 6) is 0.743. The molecule has 55 heavy (non-hydrogen) atoms. The second-order valence-electron chi connectivity index (χ2n) is 14.5. The van der Waals surface area contributed by atoms with E-state index in [0.717, 1.165) is 38.5 Å². The van der Waals surface area contributed by atoms with Gasteiger partial charge in [0.15, 0.2) is 5.82 Å². The maximum absolute atomic E-state index is 5.25. The highest BCUT2D eigenvalue weighted by atomic mass is 32.1. The van der Waals surface area contributed by atoms with E-state index in [1.165, 1.54) is 80.8 Å². The predicted octanol–water partition coefficient (Wildman–Crippen LogP) is 13.6. The van der Waals surface area contributed by atoms with Gasteiger partial charge in [-0.25, -0.2) is 9.97 Å². The van der Waals surface area contributed by atoms with Gasteiger partial charge in [-0.3, -0.25) is 0 Å². The van der Waals surface area contributed by atoms with Crippen LogP contribution in [0.2, 0.25) is 0 Å². The van der Waals surface area contributed by atoms with E-state index >= 15 is 0 Å². The Kier molecular flexibility index (Phi) is 5.74. The van der Waals surface area contributed by atoms with Crippen LogP contribution in [-0.4, -0.2) is 18.9 Å². The van der Waals surface area contributed by atoms with Gasteiger partial charge < -0.3 is 8.97 Å². The number of aromatic nitrogens is 4. The molecule has 0 amide bonds. The van der Waals surface area contributed by atoms with E-state index in [4.69, 9.17) is 9.97 Å². The molecule has 5 heterocycles. The zero-order valence-corrected chi connectivity index (χ0v) is 30.2. The molecule has 4 nitrogen and oxygen atoms in total. The first-order valence-electron chi connectivity index (χ1n) is 18.7. The van der Waals surface area contributed by atoms with Crippen LogP contribution in [0.15, 0.2) is 170 Å². The summed E-state index contributed by atoms with van der Waals surface area (Å²) in [4.78, 5) is 10.4. The molecule has 5 aromatic heterocycles. The number of para-hydroxylation sites is 2. The molecule has 0 saturated carbocycles. The number of hydrogen-bond acceptors (Lipinski definition) is 3. The molecule has 0 aliphatic rings. The number of fused-ring (bicyclic) bond motifs is 15. The molecule has 0 atom stereocenters. The molecule has 0 fully saturated rings. The Hall–Kier alpha value is -7.08. The molecule has 0 aliphatic carbocycles. The van der Waals surface area contributed by atoms with Gasteiger partial charge in [-0.1, -0.05) is 133 Å². The van der Waals surface area contributed by atoms with Crippen molar-refractivity contribution in [3.05, 3.63) is 170 Å². The van der Waals surface area contributed by atoms with Crippen LogP contribution in [0.25, 0.3) is 119 Å². The number of benzene rings is 8. The highest BCUT2D eigenvalue weighted by Gasteiger charge is 2.25. The van der Waals surface area contributed by atoms with Gasteiger partial charge >= 0.3 is 0 Å². The molecule has 0 saturated heterocycles. The average molecular weight is 717 g/mol. The van der Waals surface area contributed by atoms with Gasteiger partial charge in [0, 0.05) is 64.6 Å². The van der Waals surface area contributed by atoms with Crippen LogP contribution < -0.4 is 0 Å². The molecular formula is C50H28N4S. The van der Waals surface area contributed by atoms with E-state index in [1.807, 2.05) is 18.2 Å². The highest BCUT2D eigenvalue weighted by molar-refractivity contribution is 7.26. The van der Waals surface area contributed by atoms with Gasteiger partial charge in [0.25, 0.3) is 0 Å².